The van der Waals surface area contributed by atoms with E-state index in [4.69, 9.17) is 4.74 Å². The van der Waals surface area contributed by atoms with Gasteiger partial charge < -0.3 is 10.1 Å². The maximum absolute atomic E-state index is 12.2. The van der Waals surface area contributed by atoms with Gasteiger partial charge in [0.05, 0.1) is 17.2 Å². The number of nitrogens with one attached hydrogen (secondary N) is 1. The molecule has 0 radical (unpaired) electrons. The van der Waals surface area contributed by atoms with Crippen molar-refractivity contribution in [1.82, 2.24) is 15.3 Å². The highest BCUT2D eigenvalue weighted by Crippen LogP contribution is 2.37. The highest BCUT2D eigenvalue weighted by molar-refractivity contribution is 8.00. The Hall–Kier alpha value is -1.96. The standard InChI is InChI=1S/C20H21N3O2S2/c1-13-4-6-14(7-5-13)16-10-26-19-18(16)20(23-12-22-19)27-11-17(24)21-9-15-3-2-8-25-15/h4-7,10,12,15H,2-3,8-9,11H2,1H3,(H,21,24). The minimum Gasteiger partial charge on any atom is -0.376 e. The minimum atomic E-state index is 0.00868. The Labute approximate surface area is 166 Å². The summed E-state index contributed by atoms with van der Waals surface area (Å²) in [6, 6.07) is 8.45. The molecule has 0 spiro atoms. The molecule has 1 aromatic carbocycles. The second-order valence-electron chi connectivity index (χ2n) is 6.60. The maximum atomic E-state index is 12.2. The van der Waals surface area contributed by atoms with Crippen LogP contribution in [0.15, 0.2) is 41.0 Å². The number of hydrogen-bond acceptors (Lipinski definition) is 6. The van der Waals surface area contributed by atoms with E-state index in [0.717, 1.165) is 45.8 Å². The van der Waals surface area contributed by atoms with Gasteiger partial charge in [-0.2, -0.15) is 0 Å². The highest BCUT2D eigenvalue weighted by atomic mass is 32.2. The van der Waals surface area contributed by atoms with Gasteiger partial charge in [0.1, 0.15) is 16.2 Å². The summed E-state index contributed by atoms with van der Waals surface area (Å²) in [4.78, 5) is 22.0. The van der Waals surface area contributed by atoms with Crippen LogP contribution >= 0.6 is 23.1 Å². The number of fused-ring (bicyclic) bond motifs is 1. The largest absolute Gasteiger partial charge is 0.376 e. The van der Waals surface area contributed by atoms with Gasteiger partial charge in [0, 0.05) is 24.1 Å². The van der Waals surface area contributed by atoms with E-state index in [9.17, 15) is 4.79 Å². The first kappa shape index (κ1) is 18.4. The number of amides is 1. The summed E-state index contributed by atoms with van der Waals surface area (Å²) in [6.45, 7) is 3.47. The van der Waals surface area contributed by atoms with Crippen LogP contribution in [-0.4, -0.2) is 40.9 Å². The van der Waals surface area contributed by atoms with Crippen molar-refractivity contribution in [2.75, 3.05) is 18.9 Å². The van der Waals surface area contributed by atoms with Crippen LogP contribution in [0, 0.1) is 6.92 Å². The predicted octanol–water partition coefficient (Wildman–Crippen LogP) is 4.05. The van der Waals surface area contributed by atoms with E-state index in [-0.39, 0.29) is 12.0 Å². The van der Waals surface area contributed by atoms with Gasteiger partial charge in [0.2, 0.25) is 5.91 Å². The van der Waals surface area contributed by atoms with E-state index < -0.39 is 0 Å². The quantitative estimate of drug-likeness (QED) is 0.500. The molecule has 1 N–H and O–H groups in total. The fourth-order valence-corrected chi connectivity index (χ4v) is 4.94. The average Bonchev–Trinajstić information content (AvgIpc) is 3.35. The van der Waals surface area contributed by atoms with Crippen LogP contribution in [0.25, 0.3) is 21.3 Å². The number of thioether (sulfide) groups is 1. The van der Waals surface area contributed by atoms with E-state index in [1.807, 2.05) is 0 Å². The monoisotopic (exact) mass is 399 g/mol. The van der Waals surface area contributed by atoms with Crippen molar-refractivity contribution < 1.29 is 9.53 Å². The molecular formula is C20H21N3O2S2. The highest BCUT2D eigenvalue weighted by Gasteiger charge is 2.17. The fourth-order valence-electron chi connectivity index (χ4n) is 3.12. The van der Waals surface area contributed by atoms with E-state index in [1.54, 1.807) is 17.7 Å². The zero-order valence-corrected chi connectivity index (χ0v) is 16.7. The molecule has 3 aromatic rings. The first-order valence-corrected chi connectivity index (χ1v) is 10.9. The number of hydrogen-bond donors (Lipinski definition) is 1. The number of carbonyl (C=O) groups excluding carboxylic acids is 1. The molecule has 1 amide bonds. The van der Waals surface area contributed by atoms with Crippen molar-refractivity contribution in [1.29, 1.82) is 0 Å². The lowest BCUT2D eigenvalue weighted by Gasteiger charge is -2.10. The Kier molecular flexibility index (Phi) is 5.71. The first-order valence-electron chi connectivity index (χ1n) is 9.01. The average molecular weight is 400 g/mol. The van der Waals surface area contributed by atoms with Crippen LogP contribution in [0.3, 0.4) is 0 Å². The number of ether oxygens (including phenoxy) is 1. The molecule has 7 heteroatoms. The van der Waals surface area contributed by atoms with Crippen molar-refractivity contribution in [3.8, 4) is 11.1 Å². The van der Waals surface area contributed by atoms with Gasteiger partial charge in [-0.25, -0.2) is 9.97 Å². The molecular weight excluding hydrogens is 378 g/mol. The summed E-state index contributed by atoms with van der Waals surface area (Å²) in [5.41, 5.74) is 3.50. The predicted molar refractivity (Wildman–Crippen MR) is 110 cm³/mol. The summed E-state index contributed by atoms with van der Waals surface area (Å²) in [5.74, 6) is 0.344. The molecule has 0 bridgehead atoms. The molecule has 1 aliphatic heterocycles. The smallest absolute Gasteiger partial charge is 0.230 e. The third-order valence-corrected chi connectivity index (χ3v) is 6.46. The van der Waals surface area contributed by atoms with Crippen LogP contribution in [0.1, 0.15) is 18.4 Å². The first-order chi connectivity index (χ1) is 13.2. The molecule has 1 atom stereocenters. The van der Waals surface area contributed by atoms with Crippen molar-refractivity contribution in [2.45, 2.75) is 30.9 Å². The zero-order chi connectivity index (χ0) is 18.6. The van der Waals surface area contributed by atoms with Crippen LogP contribution in [0.4, 0.5) is 0 Å². The van der Waals surface area contributed by atoms with Crippen LogP contribution < -0.4 is 5.32 Å². The van der Waals surface area contributed by atoms with E-state index in [0.29, 0.717) is 12.3 Å². The summed E-state index contributed by atoms with van der Waals surface area (Å²) in [6.07, 6.45) is 3.84. The zero-order valence-electron chi connectivity index (χ0n) is 15.1. The van der Waals surface area contributed by atoms with Gasteiger partial charge in [-0.1, -0.05) is 41.6 Å². The normalized spacial score (nSPS) is 16.7. The number of benzene rings is 1. The van der Waals surface area contributed by atoms with Gasteiger partial charge in [-0.3, -0.25) is 4.79 Å². The molecule has 3 heterocycles. The Bertz CT molecular complexity index is 934. The molecule has 0 aliphatic carbocycles. The topological polar surface area (TPSA) is 64.1 Å². The molecule has 5 nitrogen and oxygen atoms in total. The fraction of sp³-hybridized carbons (Fsp3) is 0.350. The number of rotatable bonds is 6. The lowest BCUT2D eigenvalue weighted by Crippen LogP contribution is -2.32. The molecule has 2 aromatic heterocycles. The van der Waals surface area contributed by atoms with Crippen LogP contribution in [-0.2, 0) is 9.53 Å². The lowest BCUT2D eigenvalue weighted by atomic mass is 10.1. The van der Waals surface area contributed by atoms with Crippen molar-refractivity contribution in [3.63, 3.8) is 0 Å². The SMILES string of the molecule is Cc1ccc(-c2csc3ncnc(SCC(=O)NCC4CCCO4)c23)cc1. The summed E-state index contributed by atoms with van der Waals surface area (Å²) < 4.78 is 5.55. The van der Waals surface area contributed by atoms with Crippen LogP contribution in [0.2, 0.25) is 0 Å². The molecule has 1 saturated heterocycles. The van der Waals surface area contributed by atoms with Gasteiger partial charge in [0.15, 0.2) is 0 Å². The van der Waals surface area contributed by atoms with E-state index in [2.05, 4.69) is 51.9 Å². The Morgan fingerprint density at radius 1 is 1.33 bits per heavy atom. The summed E-state index contributed by atoms with van der Waals surface area (Å²) in [5, 5.41) is 6.96. The molecule has 1 aliphatic rings. The van der Waals surface area contributed by atoms with Gasteiger partial charge in [0.25, 0.3) is 0 Å². The third kappa shape index (κ3) is 4.31. The van der Waals surface area contributed by atoms with Gasteiger partial charge >= 0.3 is 0 Å². The number of aromatic nitrogens is 2. The van der Waals surface area contributed by atoms with Crippen molar-refractivity contribution >= 4 is 39.2 Å². The third-order valence-electron chi connectivity index (χ3n) is 4.59. The second-order valence-corrected chi connectivity index (χ2v) is 8.42. The molecule has 0 saturated carbocycles. The van der Waals surface area contributed by atoms with Crippen molar-refractivity contribution in [2.24, 2.45) is 0 Å². The van der Waals surface area contributed by atoms with Crippen molar-refractivity contribution in [3.05, 3.63) is 41.5 Å². The lowest BCUT2D eigenvalue weighted by molar-refractivity contribution is -0.119. The van der Waals surface area contributed by atoms with E-state index in [1.165, 1.54) is 17.3 Å². The Balaban J connectivity index is 1.49. The summed E-state index contributed by atoms with van der Waals surface area (Å²) in [7, 11) is 0. The molecule has 1 unspecified atom stereocenters. The Morgan fingerprint density at radius 3 is 2.96 bits per heavy atom. The minimum absolute atomic E-state index is 0.00868. The molecule has 1 fully saturated rings. The molecule has 140 valence electrons. The number of thiophene rings is 1. The van der Waals surface area contributed by atoms with E-state index >= 15 is 0 Å². The number of nitrogens with zero attached hydrogens (tertiary/aromatic N) is 2. The maximum Gasteiger partial charge on any atom is 0.230 e. The van der Waals surface area contributed by atoms with Gasteiger partial charge in [-0.15, -0.1) is 11.3 Å². The Morgan fingerprint density at radius 2 is 2.19 bits per heavy atom. The summed E-state index contributed by atoms with van der Waals surface area (Å²) >= 11 is 3.07. The van der Waals surface area contributed by atoms with Crippen LogP contribution in [0.5, 0.6) is 0 Å². The van der Waals surface area contributed by atoms with Gasteiger partial charge in [-0.05, 0) is 25.3 Å². The molecule has 4 rings (SSSR count). The number of carbonyl (C=O) groups is 1. The number of aryl methyl sites for hydroxylation is 1. The second kappa shape index (κ2) is 8.37. The molecule has 27 heavy (non-hydrogen) atoms.